The molecule has 0 saturated carbocycles. The molecule has 2 aliphatic heterocycles. The lowest BCUT2D eigenvalue weighted by Gasteiger charge is -2.41. The number of thiophene rings is 1. The number of nitrogens with two attached hydrogens (primary N) is 1. The second-order valence-corrected chi connectivity index (χ2v) is 13.7. The number of nitriles is 1. The number of hydrogen-bond acceptors (Lipinski definition) is 13. The summed E-state index contributed by atoms with van der Waals surface area (Å²) in [7, 11) is 2.08. The lowest BCUT2D eigenvalue weighted by Crippen LogP contribution is -2.55. The number of aryl methyl sites for hydroxylation is 1. The van der Waals surface area contributed by atoms with Crippen LogP contribution in [0.25, 0.3) is 0 Å². The molecule has 0 amide bonds. The van der Waals surface area contributed by atoms with E-state index >= 15 is 0 Å². The monoisotopic (exact) mass is 632 g/mol. The highest BCUT2D eigenvalue weighted by atomic mass is 32.1. The molecule has 1 spiro atoms. The van der Waals surface area contributed by atoms with Crippen molar-refractivity contribution in [2.45, 2.75) is 81.5 Å². The first-order valence-corrected chi connectivity index (χ1v) is 16.3. The minimum atomic E-state index is -1.30. The van der Waals surface area contributed by atoms with Gasteiger partial charge in [-0.25, -0.2) is 4.98 Å². The number of nitrogens with one attached hydrogen (secondary N) is 3. The first kappa shape index (κ1) is 31.2. The zero-order valence-electron chi connectivity index (χ0n) is 25.7. The molecule has 0 radical (unpaired) electrons. The molecule has 45 heavy (non-hydrogen) atoms. The van der Waals surface area contributed by atoms with Crippen LogP contribution in [-0.2, 0) is 16.6 Å². The van der Waals surface area contributed by atoms with E-state index in [-0.39, 0.29) is 54.2 Å². The van der Waals surface area contributed by atoms with Gasteiger partial charge in [-0.1, -0.05) is 0 Å². The van der Waals surface area contributed by atoms with Crippen molar-refractivity contribution in [1.82, 2.24) is 14.9 Å². The molecule has 2 saturated heterocycles. The summed E-state index contributed by atoms with van der Waals surface area (Å²) in [6.07, 6.45) is 9.10. The van der Waals surface area contributed by atoms with Gasteiger partial charge in [0.2, 0.25) is 5.88 Å². The van der Waals surface area contributed by atoms with Gasteiger partial charge in [-0.05, 0) is 83.5 Å². The molecule has 2 aromatic heterocycles. The topological polar surface area (TPSA) is 197 Å². The maximum Gasteiger partial charge on any atom is 0.219 e. The molecule has 0 aromatic carbocycles. The number of fused-ring (bicyclic) bond motifs is 2. The molecule has 6 rings (SSSR count). The number of aliphatic hydroxyl groups is 2. The number of likely N-dealkylation sites (tertiary alicyclic amines) is 1. The fourth-order valence-electron chi connectivity index (χ4n) is 7.21. The second kappa shape index (κ2) is 12.2. The number of anilines is 2. The third-order valence-corrected chi connectivity index (χ3v) is 10.8. The fraction of sp³-hybridized carbons (Fsp3) is 0.531. The van der Waals surface area contributed by atoms with Crippen LogP contribution in [0.1, 0.15) is 73.7 Å². The Morgan fingerprint density at radius 3 is 2.71 bits per heavy atom. The van der Waals surface area contributed by atoms with Crippen LogP contribution in [0.4, 0.5) is 10.8 Å². The number of rotatable bonds is 9. The number of ether oxygens (including phenoxy) is 2. The largest absolute Gasteiger partial charge is 0.511 e. The van der Waals surface area contributed by atoms with E-state index in [1.165, 1.54) is 23.6 Å². The quantitative estimate of drug-likeness (QED) is 0.218. The van der Waals surface area contributed by atoms with Crippen molar-refractivity contribution in [2.24, 2.45) is 0 Å². The van der Waals surface area contributed by atoms with Crippen LogP contribution in [0.5, 0.6) is 5.88 Å². The average Bonchev–Trinajstić information content (AvgIpc) is 3.59. The summed E-state index contributed by atoms with van der Waals surface area (Å²) in [5, 5.41) is 53.2. The molecular formula is C32H40N8O4S. The SMILES string of the molecule is C[C@H](Oc1cc(N/C=C\C(=N)C2(O)COC2)nc(C(=N)C2=C(O)[C@@]3(CCC2)CCCc2sc(N)c(C#N)c23)n1)[C@@H]1CCCN1C. The molecule has 2 fully saturated rings. The molecule has 2 aromatic rings. The lowest BCUT2D eigenvalue weighted by molar-refractivity contribution is -0.133. The highest BCUT2D eigenvalue weighted by Gasteiger charge is 2.47. The van der Waals surface area contributed by atoms with Crippen molar-refractivity contribution < 1.29 is 19.7 Å². The zero-order chi connectivity index (χ0) is 31.9. The minimum absolute atomic E-state index is 0.00260. The van der Waals surface area contributed by atoms with Gasteiger partial charge in [0.15, 0.2) is 11.4 Å². The predicted octanol–water partition coefficient (Wildman–Crippen LogP) is 4.20. The molecule has 13 heteroatoms. The van der Waals surface area contributed by atoms with Gasteiger partial charge < -0.3 is 36.1 Å². The Morgan fingerprint density at radius 2 is 2.04 bits per heavy atom. The van der Waals surface area contributed by atoms with Gasteiger partial charge >= 0.3 is 0 Å². The number of aromatic nitrogens is 2. The van der Waals surface area contributed by atoms with Crippen molar-refractivity contribution in [3.05, 3.63) is 51.5 Å². The number of likely N-dealkylation sites (N-methyl/N-ethyl adjacent to an activating group) is 1. The van der Waals surface area contributed by atoms with Gasteiger partial charge in [0.25, 0.3) is 0 Å². The molecule has 7 N–H and O–H groups in total. The van der Waals surface area contributed by atoms with Crippen LogP contribution in [0.3, 0.4) is 0 Å². The van der Waals surface area contributed by atoms with Crippen molar-refractivity contribution in [2.75, 3.05) is 37.9 Å². The summed E-state index contributed by atoms with van der Waals surface area (Å²) >= 11 is 1.42. The van der Waals surface area contributed by atoms with Gasteiger partial charge in [0, 0.05) is 28.8 Å². The second-order valence-electron chi connectivity index (χ2n) is 12.6. The van der Waals surface area contributed by atoms with E-state index in [1.807, 2.05) is 6.92 Å². The van der Waals surface area contributed by atoms with Gasteiger partial charge in [0.1, 0.15) is 34.5 Å². The van der Waals surface area contributed by atoms with Crippen molar-refractivity contribution in [3.63, 3.8) is 0 Å². The Kier molecular flexibility index (Phi) is 8.43. The molecular weight excluding hydrogens is 592 g/mol. The van der Waals surface area contributed by atoms with E-state index in [1.54, 1.807) is 6.07 Å². The van der Waals surface area contributed by atoms with Gasteiger partial charge in [-0.3, -0.25) is 10.3 Å². The van der Waals surface area contributed by atoms with Crippen LogP contribution < -0.4 is 15.8 Å². The molecule has 3 atom stereocenters. The van der Waals surface area contributed by atoms with Crippen molar-refractivity contribution in [3.8, 4) is 11.9 Å². The first-order valence-electron chi connectivity index (χ1n) is 15.5. The number of nitrogen functional groups attached to an aromatic ring is 1. The number of nitrogens with zero attached hydrogens (tertiary/aromatic N) is 4. The maximum atomic E-state index is 11.9. The Morgan fingerprint density at radius 1 is 1.29 bits per heavy atom. The molecule has 4 aliphatic rings. The van der Waals surface area contributed by atoms with Crippen LogP contribution in [0.2, 0.25) is 0 Å². The maximum absolute atomic E-state index is 11.9. The minimum Gasteiger partial charge on any atom is -0.511 e. The van der Waals surface area contributed by atoms with Crippen LogP contribution in [0, 0.1) is 22.1 Å². The van der Waals surface area contributed by atoms with E-state index < -0.39 is 11.0 Å². The Labute approximate surface area is 266 Å². The fourth-order valence-corrected chi connectivity index (χ4v) is 8.37. The smallest absolute Gasteiger partial charge is 0.219 e. The summed E-state index contributed by atoms with van der Waals surface area (Å²) in [6.45, 7) is 3.16. The molecule has 2 aliphatic carbocycles. The molecule has 0 bridgehead atoms. The standard InChI is InChI=1S/C32H40N8O4S/c1-18(21-7-5-13-40(21)2)44-25-14-24(37-12-9-23(34)32(42)16-43-17-32)38-30(39-25)27(35)19-6-3-10-31(28(19)41)11-4-8-22-26(31)20(15-33)29(36)45-22/h9,12,14,18,21,34-35,41-42H,3-8,10-11,13,16-17,36H2,1-2H3,(H,37,38,39)/b12-9-,34-23?,35-27?/t18-,21-,31-/m0/s1. The summed E-state index contributed by atoms with van der Waals surface area (Å²) < 4.78 is 11.4. The van der Waals surface area contributed by atoms with E-state index in [9.17, 15) is 20.9 Å². The Balaban J connectivity index is 1.34. The van der Waals surface area contributed by atoms with Crippen molar-refractivity contribution >= 4 is 33.6 Å². The third-order valence-electron chi connectivity index (χ3n) is 9.69. The van der Waals surface area contributed by atoms with Gasteiger partial charge in [-0.15, -0.1) is 11.3 Å². The third kappa shape index (κ3) is 5.61. The lowest BCUT2D eigenvalue weighted by atomic mass is 9.63. The number of allylic oxidation sites excluding steroid dienone is 2. The van der Waals surface area contributed by atoms with Crippen molar-refractivity contribution in [1.29, 1.82) is 16.1 Å². The van der Waals surface area contributed by atoms with Crippen LogP contribution >= 0.6 is 11.3 Å². The highest BCUT2D eigenvalue weighted by Crippen LogP contribution is 2.54. The van der Waals surface area contributed by atoms with Crippen LogP contribution in [-0.4, -0.2) is 81.1 Å². The van der Waals surface area contributed by atoms with Gasteiger partial charge in [0.05, 0.1) is 29.9 Å². The average molecular weight is 633 g/mol. The molecule has 4 heterocycles. The summed E-state index contributed by atoms with van der Waals surface area (Å²) in [6, 6.07) is 4.15. The number of aliphatic hydroxyl groups excluding tert-OH is 1. The summed E-state index contributed by atoms with van der Waals surface area (Å²) in [5.41, 5.74) is 5.91. The molecule has 238 valence electrons. The summed E-state index contributed by atoms with van der Waals surface area (Å²) in [5.74, 6) is 0.827. The summed E-state index contributed by atoms with van der Waals surface area (Å²) in [4.78, 5) is 12.6. The molecule has 0 unspecified atom stereocenters. The highest BCUT2D eigenvalue weighted by molar-refractivity contribution is 7.16. The Hall–Kier alpha value is -3.83. The Bertz CT molecular complexity index is 1620. The first-order chi connectivity index (χ1) is 21.6. The van der Waals surface area contributed by atoms with E-state index in [4.69, 9.17) is 20.6 Å². The zero-order valence-corrected chi connectivity index (χ0v) is 26.5. The number of hydrogen-bond donors (Lipinski definition) is 6. The van der Waals surface area contributed by atoms with Crippen LogP contribution in [0.15, 0.2) is 29.7 Å². The van der Waals surface area contributed by atoms with E-state index in [2.05, 4.69) is 33.3 Å². The molecule has 12 nitrogen and oxygen atoms in total. The predicted molar refractivity (Wildman–Crippen MR) is 172 cm³/mol. The van der Waals surface area contributed by atoms with Gasteiger partial charge in [-0.2, -0.15) is 10.2 Å². The van der Waals surface area contributed by atoms with E-state index in [0.29, 0.717) is 41.2 Å². The normalized spacial score (nSPS) is 25.1. The van der Waals surface area contributed by atoms with E-state index in [0.717, 1.165) is 49.1 Å².